The Morgan fingerprint density at radius 3 is 2.88 bits per heavy atom. The van der Waals surface area contributed by atoms with Crippen LogP contribution in [0, 0.1) is 5.92 Å². The number of carbonyl (C=O) groups is 1. The summed E-state index contributed by atoms with van der Waals surface area (Å²) in [6.45, 7) is 1.33. The molecule has 2 nitrogen and oxygen atoms in total. The first-order valence-corrected chi connectivity index (χ1v) is 6.84. The summed E-state index contributed by atoms with van der Waals surface area (Å²) < 4.78 is 7.13. The minimum absolute atomic E-state index is 0.0133. The monoisotopic (exact) mass is 346 g/mol. The zero-order valence-electron chi connectivity index (χ0n) is 8.71. The van der Waals surface area contributed by atoms with E-state index in [-0.39, 0.29) is 11.7 Å². The second-order valence-electron chi connectivity index (χ2n) is 3.90. The fourth-order valence-electron chi connectivity index (χ4n) is 1.85. The smallest absolute Gasteiger partial charge is 0.169 e. The van der Waals surface area contributed by atoms with Gasteiger partial charge in [0.2, 0.25) is 0 Å². The number of benzene rings is 1. The highest BCUT2D eigenvalue weighted by Gasteiger charge is 2.24. The topological polar surface area (TPSA) is 26.3 Å². The van der Waals surface area contributed by atoms with Gasteiger partial charge in [-0.25, -0.2) is 0 Å². The van der Waals surface area contributed by atoms with Crippen LogP contribution < -0.4 is 0 Å². The second kappa shape index (κ2) is 5.43. The Kier molecular flexibility index (Phi) is 4.16. The van der Waals surface area contributed by atoms with Crippen molar-refractivity contribution in [2.75, 3.05) is 13.2 Å². The lowest BCUT2D eigenvalue weighted by atomic mass is 9.93. The van der Waals surface area contributed by atoms with Crippen molar-refractivity contribution in [3.05, 3.63) is 32.7 Å². The van der Waals surface area contributed by atoms with E-state index in [0.717, 1.165) is 34.0 Å². The Morgan fingerprint density at radius 2 is 2.19 bits per heavy atom. The molecular weight excluding hydrogens is 336 g/mol. The van der Waals surface area contributed by atoms with Gasteiger partial charge in [-0.2, -0.15) is 0 Å². The molecule has 1 unspecified atom stereocenters. The van der Waals surface area contributed by atoms with Gasteiger partial charge in [0.25, 0.3) is 0 Å². The van der Waals surface area contributed by atoms with E-state index in [2.05, 4.69) is 31.9 Å². The standard InChI is InChI=1S/C12H12Br2O2/c13-9-3-4-11(14)10(6-9)12(15)8-2-1-5-16-7-8/h3-4,6,8H,1-2,5,7H2. The van der Waals surface area contributed by atoms with E-state index in [1.807, 2.05) is 18.2 Å². The molecule has 1 aromatic carbocycles. The van der Waals surface area contributed by atoms with E-state index in [0.29, 0.717) is 6.61 Å². The number of Topliss-reactive ketones (excluding diaryl/α,β-unsaturated/α-hetero) is 1. The van der Waals surface area contributed by atoms with Crippen LogP contribution in [0.5, 0.6) is 0 Å². The Hall–Kier alpha value is -0.190. The summed E-state index contributed by atoms with van der Waals surface area (Å²) in [4.78, 5) is 12.2. The van der Waals surface area contributed by atoms with Crippen molar-refractivity contribution >= 4 is 37.6 Å². The lowest BCUT2D eigenvalue weighted by Crippen LogP contribution is -2.25. The third kappa shape index (κ3) is 2.73. The maximum atomic E-state index is 12.2. The first kappa shape index (κ1) is 12.3. The van der Waals surface area contributed by atoms with Gasteiger partial charge in [0.1, 0.15) is 0 Å². The minimum Gasteiger partial charge on any atom is -0.381 e. The molecular formula is C12H12Br2O2. The highest BCUT2D eigenvalue weighted by atomic mass is 79.9. The molecule has 4 heteroatoms. The van der Waals surface area contributed by atoms with Crippen LogP contribution in [0.3, 0.4) is 0 Å². The third-order valence-corrected chi connectivity index (χ3v) is 3.91. The van der Waals surface area contributed by atoms with Crippen molar-refractivity contribution in [1.29, 1.82) is 0 Å². The van der Waals surface area contributed by atoms with Crippen molar-refractivity contribution in [2.24, 2.45) is 5.92 Å². The molecule has 0 aliphatic carbocycles. The predicted octanol–water partition coefficient (Wildman–Crippen LogP) is 3.82. The Labute approximate surface area is 112 Å². The van der Waals surface area contributed by atoms with E-state index < -0.39 is 0 Å². The zero-order chi connectivity index (χ0) is 11.5. The number of carbonyl (C=O) groups excluding carboxylic acids is 1. The van der Waals surface area contributed by atoms with Crippen molar-refractivity contribution in [1.82, 2.24) is 0 Å². The minimum atomic E-state index is 0.0133. The average Bonchev–Trinajstić information content (AvgIpc) is 2.32. The largest absolute Gasteiger partial charge is 0.381 e. The van der Waals surface area contributed by atoms with Crippen LogP contribution in [0.15, 0.2) is 27.1 Å². The van der Waals surface area contributed by atoms with Gasteiger partial charge in [-0.15, -0.1) is 0 Å². The van der Waals surface area contributed by atoms with Gasteiger partial charge in [-0.05, 0) is 31.0 Å². The second-order valence-corrected chi connectivity index (χ2v) is 5.67. The molecule has 0 bridgehead atoms. The van der Waals surface area contributed by atoms with Crippen molar-refractivity contribution in [2.45, 2.75) is 12.8 Å². The van der Waals surface area contributed by atoms with E-state index in [9.17, 15) is 4.79 Å². The number of halogens is 2. The summed E-state index contributed by atoms with van der Waals surface area (Å²) in [5.41, 5.74) is 0.741. The van der Waals surface area contributed by atoms with Gasteiger partial charge < -0.3 is 4.74 Å². The van der Waals surface area contributed by atoms with E-state index >= 15 is 0 Å². The normalized spacial score (nSPS) is 20.8. The maximum Gasteiger partial charge on any atom is 0.169 e. The first-order chi connectivity index (χ1) is 7.68. The van der Waals surface area contributed by atoms with Crippen LogP contribution in [0.25, 0.3) is 0 Å². The van der Waals surface area contributed by atoms with Crippen LogP contribution in [0.2, 0.25) is 0 Å². The molecule has 1 aliphatic rings. The summed E-state index contributed by atoms with van der Waals surface area (Å²) in [7, 11) is 0. The molecule has 0 saturated carbocycles. The third-order valence-electron chi connectivity index (χ3n) is 2.72. The molecule has 2 rings (SSSR count). The van der Waals surface area contributed by atoms with E-state index in [1.165, 1.54) is 0 Å². The molecule has 86 valence electrons. The molecule has 0 radical (unpaired) electrons. The lowest BCUT2D eigenvalue weighted by molar-refractivity contribution is 0.0461. The van der Waals surface area contributed by atoms with Gasteiger partial charge in [-0.3, -0.25) is 4.79 Å². The molecule has 1 aliphatic heterocycles. The fourth-order valence-corrected chi connectivity index (χ4v) is 2.66. The summed E-state index contributed by atoms with van der Waals surface area (Å²) in [6, 6.07) is 5.67. The Balaban J connectivity index is 2.22. The zero-order valence-corrected chi connectivity index (χ0v) is 11.9. The van der Waals surface area contributed by atoms with E-state index in [4.69, 9.17) is 4.74 Å². The highest BCUT2D eigenvalue weighted by Crippen LogP contribution is 2.26. The average molecular weight is 348 g/mol. The summed E-state index contributed by atoms with van der Waals surface area (Å²) in [5.74, 6) is 0.187. The molecule has 0 amide bonds. The molecule has 1 fully saturated rings. The summed E-state index contributed by atoms with van der Waals surface area (Å²) >= 11 is 6.80. The number of ketones is 1. The Morgan fingerprint density at radius 1 is 1.38 bits per heavy atom. The van der Waals surface area contributed by atoms with E-state index in [1.54, 1.807) is 0 Å². The molecule has 1 aromatic rings. The fraction of sp³-hybridized carbons (Fsp3) is 0.417. The van der Waals surface area contributed by atoms with Gasteiger partial charge in [0.15, 0.2) is 5.78 Å². The van der Waals surface area contributed by atoms with Gasteiger partial charge in [-0.1, -0.05) is 31.9 Å². The summed E-state index contributed by atoms with van der Waals surface area (Å²) in [6.07, 6.45) is 1.90. The SMILES string of the molecule is O=C(c1cc(Br)ccc1Br)C1CCCOC1. The number of rotatable bonds is 2. The van der Waals surface area contributed by atoms with Crippen LogP contribution >= 0.6 is 31.9 Å². The summed E-state index contributed by atoms with van der Waals surface area (Å²) in [5, 5.41) is 0. The predicted molar refractivity (Wildman–Crippen MR) is 69.7 cm³/mol. The van der Waals surface area contributed by atoms with Crippen LogP contribution in [-0.4, -0.2) is 19.0 Å². The van der Waals surface area contributed by atoms with Crippen LogP contribution in [0.4, 0.5) is 0 Å². The first-order valence-electron chi connectivity index (χ1n) is 5.25. The molecule has 1 atom stereocenters. The highest BCUT2D eigenvalue weighted by molar-refractivity contribution is 9.11. The maximum absolute atomic E-state index is 12.2. The lowest BCUT2D eigenvalue weighted by Gasteiger charge is -2.21. The van der Waals surface area contributed by atoms with Crippen molar-refractivity contribution in [3.63, 3.8) is 0 Å². The quantitative estimate of drug-likeness (QED) is 0.760. The molecule has 0 N–H and O–H groups in total. The molecule has 0 aromatic heterocycles. The Bertz CT molecular complexity index is 398. The molecule has 16 heavy (non-hydrogen) atoms. The van der Waals surface area contributed by atoms with Gasteiger partial charge in [0.05, 0.1) is 6.61 Å². The number of ether oxygens (including phenoxy) is 1. The number of hydrogen-bond donors (Lipinski definition) is 0. The van der Waals surface area contributed by atoms with Gasteiger partial charge >= 0.3 is 0 Å². The molecule has 1 saturated heterocycles. The number of hydrogen-bond acceptors (Lipinski definition) is 2. The van der Waals surface area contributed by atoms with Crippen molar-refractivity contribution in [3.8, 4) is 0 Å². The van der Waals surface area contributed by atoms with Crippen LogP contribution in [0.1, 0.15) is 23.2 Å². The molecule has 0 spiro atoms. The van der Waals surface area contributed by atoms with Crippen molar-refractivity contribution < 1.29 is 9.53 Å². The van der Waals surface area contributed by atoms with Gasteiger partial charge in [0, 0.05) is 27.0 Å². The van der Waals surface area contributed by atoms with Crippen LogP contribution in [-0.2, 0) is 4.74 Å². The molecule has 1 heterocycles.